The lowest BCUT2D eigenvalue weighted by Crippen LogP contribution is -2.39. The molecule has 23 heavy (non-hydrogen) atoms. The van der Waals surface area contributed by atoms with E-state index in [1.807, 2.05) is 0 Å². The second-order valence-electron chi connectivity index (χ2n) is 5.84. The number of esters is 1. The van der Waals surface area contributed by atoms with Crippen molar-refractivity contribution in [3.8, 4) is 5.75 Å². The maximum Gasteiger partial charge on any atom is 0.341 e. The van der Waals surface area contributed by atoms with Gasteiger partial charge in [-0.05, 0) is 13.0 Å². The van der Waals surface area contributed by atoms with Gasteiger partial charge >= 0.3 is 5.97 Å². The van der Waals surface area contributed by atoms with Crippen LogP contribution in [0.3, 0.4) is 0 Å². The van der Waals surface area contributed by atoms with Gasteiger partial charge in [0.25, 0.3) is 0 Å². The van der Waals surface area contributed by atoms with E-state index in [4.69, 9.17) is 21.1 Å². The van der Waals surface area contributed by atoms with E-state index in [1.165, 1.54) is 27.0 Å². The first-order chi connectivity index (χ1) is 10.6. The van der Waals surface area contributed by atoms with Crippen LogP contribution < -0.4 is 4.74 Å². The van der Waals surface area contributed by atoms with Gasteiger partial charge in [-0.3, -0.25) is 4.79 Å². The Labute approximate surface area is 139 Å². The van der Waals surface area contributed by atoms with Gasteiger partial charge in [0, 0.05) is 5.41 Å². The van der Waals surface area contributed by atoms with Crippen LogP contribution in [0.1, 0.15) is 41.5 Å². The van der Waals surface area contributed by atoms with Gasteiger partial charge in [0.05, 0.1) is 30.1 Å². The molecule has 1 aliphatic rings. The van der Waals surface area contributed by atoms with Crippen LogP contribution >= 0.6 is 11.6 Å². The quantitative estimate of drug-likeness (QED) is 0.770. The smallest absolute Gasteiger partial charge is 0.341 e. The molecule has 8 heteroatoms. The summed E-state index contributed by atoms with van der Waals surface area (Å²) in [5.41, 5.74) is -1.39. The van der Waals surface area contributed by atoms with Gasteiger partial charge in [-0.25, -0.2) is 13.2 Å². The Morgan fingerprint density at radius 3 is 2.52 bits per heavy atom. The zero-order valence-electron chi connectivity index (χ0n) is 13.2. The zero-order valence-corrected chi connectivity index (χ0v) is 14.8. The lowest BCUT2D eigenvalue weighted by atomic mass is 9.84. The number of halogens is 1. The molecule has 0 aliphatic carbocycles. The molecule has 1 heterocycles. The van der Waals surface area contributed by atoms with Crippen molar-refractivity contribution in [1.29, 1.82) is 0 Å². The fourth-order valence-corrected chi connectivity index (χ4v) is 5.28. The molecule has 0 saturated heterocycles. The molecule has 0 aromatic heterocycles. The molecular weight excluding hydrogens is 344 g/mol. The molecule has 1 aromatic carbocycles. The Kier molecular flexibility index (Phi) is 4.47. The third kappa shape index (κ3) is 2.83. The molecule has 1 aromatic rings. The summed E-state index contributed by atoms with van der Waals surface area (Å²) in [5.74, 6) is -1.65. The molecule has 0 saturated carbocycles. The van der Waals surface area contributed by atoms with Crippen LogP contribution in [0.4, 0.5) is 0 Å². The van der Waals surface area contributed by atoms with Gasteiger partial charge in [-0.15, -0.1) is 0 Å². The van der Waals surface area contributed by atoms with E-state index in [0.717, 1.165) is 0 Å². The third-order valence-electron chi connectivity index (χ3n) is 3.59. The minimum absolute atomic E-state index is 0.0700. The molecule has 0 fully saturated rings. The largest absolute Gasteiger partial charge is 0.495 e. The molecule has 0 spiro atoms. The number of carbonyl (C=O) groups is 2. The lowest BCUT2D eigenvalue weighted by Gasteiger charge is -2.31. The van der Waals surface area contributed by atoms with E-state index in [2.05, 4.69) is 0 Å². The number of sulfone groups is 1. The first-order valence-electron chi connectivity index (χ1n) is 6.92. The number of hydrogen-bond donors (Lipinski definition) is 0. The molecule has 0 radical (unpaired) electrons. The molecule has 0 atom stereocenters. The minimum Gasteiger partial charge on any atom is -0.495 e. The summed E-state index contributed by atoms with van der Waals surface area (Å²) < 4.78 is 35.1. The first kappa shape index (κ1) is 17.7. The monoisotopic (exact) mass is 360 g/mol. The van der Waals surface area contributed by atoms with E-state index in [0.29, 0.717) is 0 Å². The molecule has 2 rings (SSSR count). The number of methoxy groups -OCH3 is 1. The van der Waals surface area contributed by atoms with E-state index in [-0.39, 0.29) is 39.2 Å². The Balaban J connectivity index is 2.89. The van der Waals surface area contributed by atoms with Gasteiger partial charge in [0.2, 0.25) is 0 Å². The number of hydrogen-bond acceptors (Lipinski definition) is 6. The second-order valence-corrected chi connectivity index (χ2v) is 8.17. The molecule has 0 N–H and O–H groups in total. The van der Waals surface area contributed by atoms with Crippen LogP contribution in [0.2, 0.25) is 5.02 Å². The first-order valence-corrected chi connectivity index (χ1v) is 8.95. The van der Waals surface area contributed by atoms with Gasteiger partial charge in [-0.2, -0.15) is 0 Å². The normalized spacial score (nSPS) is 18.2. The average Bonchev–Trinajstić information content (AvgIpc) is 2.42. The standard InChI is InChI=1S/C15H17ClO6S/c1-5-22-14(18)8-6-9(16)12-10(11(8)21-4)13(17)15(2,3)7-23(12,19)20/h6H,5,7H2,1-4H3. The van der Waals surface area contributed by atoms with Crippen LogP contribution in [0, 0.1) is 5.41 Å². The van der Waals surface area contributed by atoms with Crippen molar-refractivity contribution in [2.75, 3.05) is 19.5 Å². The van der Waals surface area contributed by atoms with Crippen molar-refractivity contribution in [2.45, 2.75) is 25.7 Å². The Morgan fingerprint density at radius 2 is 2.00 bits per heavy atom. The number of rotatable bonds is 3. The van der Waals surface area contributed by atoms with E-state index < -0.39 is 27.0 Å². The van der Waals surface area contributed by atoms with Gasteiger partial charge in [0.1, 0.15) is 16.2 Å². The number of ether oxygens (including phenoxy) is 2. The number of carbonyl (C=O) groups excluding carboxylic acids is 2. The molecule has 126 valence electrons. The Morgan fingerprint density at radius 1 is 1.39 bits per heavy atom. The summed E-state index contributed by atoms with van der Waals surface area (Å²) >= 11 is 6.07. The van der Waals surface area contributed by atoms with E-state index in [9.17, 15) is 18.0 Å². The molecular formula is C15H17ClO6S. The molecule has 0 unspecified atom stereocenters. The topological polar surface area (TPSA) is 86.7 Å². The lowest BCUT2D eigenvalue weighted by molar-refractivity contribution is 0.0522. The minimum atomic E-state index is -3.79. The van der Waals surface area contributed by atoms with Gasteiger partial charge in [0.15, 0.2) is 15.6 Å². The number of benzene rings is 1. The highest BCUT2D eigenvalue weighted by Crippen LogP contribution is 2.45. The summed E-state index contributed by atoms with van der Waals surface area (Å²) in [4.78, 5) is 24.5. The third-order valence-corrected chi connectivity index (χ3v) is 6.15. The summed E-state index contributed by atoms with van der Waals surface area (Å²) in [6.45, 7) is 4.80. The van der Waals surface area contributed by atoms with Crippen molar-refractivity contribution < 1.29 is 27.5 Å². The summed E-state index contributed by atoms with van der Waals surface area (Å²) in [6, 6.07) is 1.17. The van der Waals surface area contributed by atoms with Crippen LogP contribution in [-0.2, 0) is 14.6 Å². The average molecular weight is 361 g/mol. The molecule has 1 aliphatic heterocycles. The van der Waals surface area contributed by atoms with Crippen LogP contribution in [0.5, 0.6) is 5.75 Å². The van der Waals surface area contributed by atoms with Crippen molar-refractivity contribution in [3.05, 3.63) is 22.2 Å². The molecule has 0 bridgehead atoms. The fourth-order valence-electron chi connectivity index (χ4n) is 2.65. The van der Waals surface area contributed by atoms with Gasteiger partial charge in [-0.1, -0.05) is 25.4 Å². The number of fused-ring (bicyclic) bond motifs is 1. The van der Waals surface area contributed by atoms with Crippen molar-refractivity contribution >= 4 is 33.2 Å². The van der Waals surface area contributed by atoms with Crippen molar-refractivity contribution in [1.82, 2.24) is 0 Å². The number of Topliss-reactive ketones (excluding diaryl/α,β-unsaturated/α-hetero) is 1. The summed E-state index contributed by atoms with van der Waals surface area (Å²) in [5, 5.41) is -0.187. The Hall–Kier alpha value is -1.60. The zero-order chi connectivity index (χ0) is 17.6. The number of ketones is 1. The Bertz CT molecular complexity index is 795. The molecule has 6 nitrogen and oxygen atoms in total. The predicted octanol–water partition coefficient (Wildman–Crippen LogP) is 2.52. The predicted molar refractivity (Wildman–Crippen MR) is 84.1 cm³/mol. The second kappa shape index (κ2) is 5.79. The van der Waals surface area contributed by atoms with Crippen LogP contribution in [0.25, 0.3) is 0 Å². The van der Waals surface area contributed by atoms with E-state index >= 15 is 0 Å². The maximum absolute atomic E-state index is 12.7. The van der Waals surface area contributed by atoms with Gasteiger partial charge < -0.3 is 9.47 Å². The van der Waals surface area contributed by atoms with Crippen LogP contribution in [-0.4, -0.2) is 39.6 Å². The van der Waals surface area contributed by atoms with Crippen molar-refractivity contribution in [2.24, 2.45) is 5.41 Å². The maximum atomic E-state index is 12.7. The molecule has 0 amide bonds. The summed E-state index contributed by atoms with van der Waals surface area (Å²) in [6.07, 6.45) is 0. The van der Waals surface area contributed by atoms with E-state index in [1.54, 1.807) is 6.92 Å². The summed E-state index contributed by atoms with van der Waals surface area (Å²) in [7, 11) is -2.53. The highest BCUT2D eigenvalue weighted by atomic mass is 35.5. The SMILES string of the molecule is CCOC(=O)c1cc(Cl)c2c(c1OC)C(=O)C(C)(C)CS2(=O)=O. The highest BCUT2D eigenvalue weighted by molar-refractivity contribution is 7.91. The highest BCUT2D eigenvalue weighted by Gasteiger charge is 2.46. The fraction of sp³-hybridized carbons (Fsp3) is 0.467. The van der Waals surface area contributed by atoms with Crippen molar-refractivity contribution in [3.63, 3.8) is 0 Å². The van der Waals surface area contributed by atoms with Crippen LogP contribution in [0.15, 0.2) is 11.0 Å².